The molecule has 0 aliphatic rings. The van der Waals surface area contributed by atoms with E-state index in [0.29, 0.717) is 9.60 Å². The zero-order valence-corrected chi connectivity index (χ0v) is 18.8. The van der Waals surface area contributed by atoms with E-state index < -0.39 is 0 Å². The van der Waals surface area contributed by atoms with Crippen LogP contribution in [0.15, 0.2) is 54.6 Å². The summed E-state index contributed by atoms with van der Waals surface area (Å²) in [5, 5.41) is 1.82. The van der Waals surface area contributed by atoms with Crippen molar-refractivity contribution in [2.75, 3.05) is 11.5 Å². The Morgan fingerprint density at radius 1 is 0.929 bits per heavy atom. The zero-order valence-electron chi connectivity index (χ0n) is 16.4. The van der Waals surface area contributed by atoms with Crippen molar-refractivity contribution < 1.29 is 0 Å². The lowest BCUT2D eigenvalue weighted by atomic mass is 10.1. The highest BCUT2D eigenvalue weighted by molar-refractivity contribution is 8.16. The molecule has 0 aliphatic heterocycles. The van der Waals surface area contributed by atoms with E-state index in [-0.39, 0.29) is 0 Å². The number of thioether (sulfide) groups is 2. The maximum Gasteiger partial charge on any atom is 0.0751 e. The maximum atomic E-state index is 6.10. The summed E-state index contributed by atoms with van der Waals surface area (Å²) in [5.41, 5.74) is 4.48. The van der Waals surface area contributed by atoms with Crippen LogP contribution in [0.1, 0.15) is 48.1 Å². The molecule has 0 amide bonds. The minimum absolute atomic E-state index is 0.509. The molecule has 146 valence electrons. The topological polar surface area (TPSA) is 12.9 Å². The summed E-state index contributed by atoms with van der Waals surface area (Å²) in [6.45, 7) is 4.49. The molecule has 0 saturated carbocycles. The van der Waals surface area contributed by atoms with Crippen molar-refractivity contribution in [1.29, 1.82) is 0 Å². The molecule has 1 heterocycles. The number of nitrogens with zero attached hydrogens (tertiary/aromatic N) is 1. The standard InChI is InChI=1S/C24H26ClNS2/c1-3-14-27-24(28-15-4-2)20-7-5-6-18(16-20)8-12-22-13-10-19-9-11-21(25)17-23(19)26-22/h5-13,16-17,24H,3-4,14-15H2,1-2H3/b12-8+. The van der Waals surface area contributed by atoms with Crippen LogP contribution in [0.2, 0.25) is 5.02 Å². The Balaban J connectivity index is 1.79. The average Bonchev–Trinajstić information content (AvgIpc) is 2.72. The summed E-state index contributed by atoms with van der Waals surface area (Å²) < 4.78 is 0.509. The number of benzene rings is 2. The largest absolute Gasteiger partial charge is 0.248 e. The predicted molar refractivity (Wildman–Crippen MR) is 130 cm³/mol. The number of fused-ring (bicyclic) bond motifs is 1. The Kier molecular flexibility index (Phi) is 8.32. The van der Waals surface area contributed by atoms with Crippen molar-refractivity contribution in [3.8, 4) is 0 Å². The Morgan fingerprint density at radius 3 is 2.43 bits per heavy atom. The van der Waals surface area contributed by atoms with E-state index in [9.17, 15) is 0 Å². The molecule has 1 aromatic heterocycles. The Hall–Kier alpha value is -1.42. The fourth-order valence-corrected chi connectivity index (χ4v) is 5.59. The quantitative estimate of drug-likeness (QED) is 0.318. The highest BCUT2D eigenvalue weighted by Crippen LogP contribution is 2.40. The molecule has 0 bridgehead atoms. The van der Waals surface area contributed by atoms with Crippen LogP contribution in [0.4, 0.5) is 0 Å². The van der Waals surface area contributed by atoms with Gasteiger partial charge in [0.1, 0.15) is 0 Å². The van der Waals surface area contributed by atoms with Gasteiger partial charge in [-0.2, -0.15) is 0 Å². The molecule has 3 rings (SSSR count). The summed E-state index contributed by atoms with van der Waals surface area (Å²) in [7, 11) is 0. The molecule has 0 N–H and O–H groups in total. The van der Waals surface area contributed by atoms with E-state index in [1.165, 1.54) is 35.5 Å². The molecule has 28 heavy (non-hydrogen) atoms. The van der Waals surface area contributed by atoms with Gasteiger partial charge in [0.25, 0.3) is 0 Å². The van der Waals surface area contributed by atoms with Gasteiger partial charge in [-0.25, -0.2) is 4.98 Å². The van der Waals surface area contributed by atoms with Crippen LogP contribution in [0.5, 0.6) is 0 Å². The SMILES string of the molecule is CCCSC(SCCC)c1cccc(/C=C/c2ccc3ccc(Cl)cc3n2)c1. The van der Waals surface area contributed by atoms with E-state index in [4.69, 9.17) is 16.6 Å². The van der Waals surface area contributed by atoms with Crippen LogP contribution in [-0.2, 0) is 0 Å². The molecule has 4 heteroatoms. The molecule has 0 fully saturated rings. The molecular weight excluding hydrogens is 402 g/mol. The van der Waals surface area contributed by atoms with Crippen molar-refractivity contribution in [3.05, 3.63) is 76.4 Å². The average molecular weight is 428 g/mol. The second kappa shape index (κ2) is 10.9. The molecule has 1 nitrogen and oxygen atoms in total. The van der Waals surface area contributed by atoms with Crippen molar-refractivity contribution in [1.82, 2.24) is 4.98 Å². The number of halogens is 1. The second-order valence-corrected chi connectivity index (χ2v) is 9.81. The van der Waals surface area contributed by atoms with E-state index in [0.717, 1.165) is 16.6 Å². The molecule has 3 aromatic rings. The molecule has 0 saturated heterocycles. The molecule has 0 radical (unpaired) electrons. The number of hydrogen-bond acceptors (Lipinski definition) is 3. The van der Waals surface area contributed by atoms with Gasteiger partial charge in [0.15, 0.2) is 0 Å². The Bertz CT molecular complexity index is 931. The van der Waals surface area contributed by atoms with Crippen LogP contribution >= 0.6 is 35.1 Å². The fraction of sp³-hybridized carbons (Fsp3) is 0.292. The van der Waals surface area contributed by atoms with Gasteiger partial charge < -0.3 is 0 Å². The predicted octanol–water partition coefficient (Wildman–Crippen LogP) is 8.34. The van der Waals surface area contributed by atoms with Crippen molar-refractivity contribution in [3.63, 3.8) is 0 Å². The first-order valence-electron chi connectivity index (χ1n) is 9.77. The van der Waals surface area contributed by atoms with Crippen molar-refractivity contribution in [2.45, 2.75) is 31.3 Å². The monoisotopic (exact) mass is 427 g/mol. The third kappa shape index (κ3) is 6.04. The Labute approximate surface area is 182 Å². The lowest BCUT2D eigenvalue weighted by molar-refractivity contribution is 1.09. The first kappa shape index (κ1) is 21.3. The number of pyridine rings is 1. The third-order valence-electron chi connectivity index (χ3n) is 4.25. The van der Waals surface area contributed by atoms with Gasteiger partial charge in [0, 0.05) is 10.4 Å². The summed E-state index contributed by atoms with van der Waals surface area (Å²) in [6.07, 6.45) is 6.65. The zero-order chi connectivity index (χ0) is 19.8. The summed E-state index contributed by atoms with van der Waals surface area (Å²) >= 11 is 10.2. The summed E-state index contributed by atoms with van der Waals surface area (Å²) in [4.78, 5) is 4.71. The van der Waals surface area contributed by atoms with E-state index >= 15 is 0 Å². The van der Waals surface area contributed by atoms with Crippen LogP contribution in [-0.4, -0.2) is 16.5 Å². The van der Waals surface area contributed by atoms with E-state index in [1.807, 2.05) is 24.3 Å². The highest BCUT2D eigenvalue weighted by atomic mass is 35.5. The van der Waals surface area contributed by atoms with Gasteiger partial charge in [-0.1, -0.05) is 61.9 Å². The minimum Gasteiger partial charge on any atom is -0.248 e. The smallest absolute Gasteiger partial charge is 0.0751 e. The molecule has 0 atom stereocenters. The molecule has 0 unspecified atom stereocenters. The van der Waals surface area contributed by atoms with Crippen molar-refractivity contribution in [2.24, 2.45) is 0 Å². The molecule has 0 aliphatic carbocycles. The summed E-state index contributed by atoms with van der Waals surface area (Å²) in [6, 6.07) is 18.8. The minimum atomic E-state index is 0.509. The lowest BCUT2D eigenvalue weighted by Gasteiger charge is -2.16. The fourth-order valence-electron chi connectivity index (χ4n) is 2.88. The third-order valence-corrected chi connectivity index (χ3v) is 7.74. The molecular formula is C24H26ClNS2. The maximum absolute atomic E-state index is 6.10. The van der Waals surface area contributed by atoms with Crippen LogP contribution in [0.3, 0.4) is 0 Å². The molecule has 0 spiro atoms. The first-order valence-corrected chi connectivity index (χ1v) is 12.2. The first-order chi connectivity index (χ1) is 13.7. The van der Waals surface area contributed by atoms with Crippen LogP contribution in [0.25, 0.3) is 23.1 Å². The number of aromatic nitrogens is 1. The Morgan fingerprint density at radius 2 is 1.68 bits per heavy atom. The van der Waals surface area contributed by atoms with Gasteiger partial charge in [0.05, 0.1) is 15.8 Å². The van der Waals surface area contributed by atoms with Crippen LogP contribution in [0, 0.1) is 0 Å². The summed E-state index contributed by atoms with van der Waals surface area (Å²) in [5.74, 6) is 2.40. The second-order valence-electron chi connectivity index (χ2n) is 6.65. The highest BCUT2D eigenvalue weighted by Gasteiger charge is 2.12. The number of hydrogen-bond donors (Lipinski definition) is 0. The van der Waals surface area contributed by atoms with Crippen LogP contribution < -0.4 is 0 Å². The van der Waals surface area contributed by atoms with E-state index in [2.05, 4.69) is 79.9 Å². The van der Waals surface area contributed by atoms with Gasteiger partial charge in [-0.05, 0) is 65.8 Å². The number of rotatable bonds is 9. The molecule has 2 aromatic carbocycles. The van der Waals surface area contributed by atoms with Gasteiger partial charge in [-0.15, -0.1) is 23.5 Å². The van der Waals surface area contributed by atoms with Gasteiger partial charge in [-0.3, -0.25) is 0 Å². The van der Waals surface area contributed by atoms with Gasteiger partial charge in [0.2, 0.25) is 0 Å². The van der Waals surface area contributed by atoms with Gasteiger partial charge >= 0.3 is 0 Å². The normalized spacial score (nSPS) is 11.7. The van der Waals surface area contributed by atoms with Crippen molar-refractivity contribution >= 4 is 58.2 Å². The van der Waals surface area contributed by atoms with E-state index in [1.54, 1.807) is 0 Å². The lowest BCUT2D eigenvalue weighted by Crippen LogP contribution is -1.93.